The molecule has 1 aromatic carbocycles. The van der Waals surface area contributed by atoms with E-state index in [0.29, 0.717) is 5.56 Å². The van der Waals surface area contributed by atoms with E-state index in [0.717, 1.165) is 13.4 Å². The van der Waals surface area contributed by atoms with Crippen molar-refractivity contribution in [1.29, 1.82) is 0 Å². The van der Waals surface area contributed by atoms with E-state index in [4.69, 9.17) is 0 Å². The van der Waals surface area contributed by atoms with Crippen molar-refractivity contribution < 1.29 is 27.5 Å². The first-order valence-corrected chi connectivity index (χ1v) is 7.74. The maximum Gasteiger partial charge on any atom is 0.339 e. The quantitative estimate of drug-likeness (QED) is 0.774. The monoisotopic (exact) mass is 300 g/mol. The van der Waals surface area contributed by atoms with Crippen LogP contribution >= 0.6 is 0 Å². The Morgan fingerprint density at radius 3 is 2.10 bits per heavy atom. The molecule has 0 amide bonds. The lowest BCUT2D eigenvalue weighted by Crippen LogP contribution is -2.17. The lowest BCUT2D eigenvalue weighted by atomic mass is 9.97. The molecule has 0 bridgehead atoms. The number of hydrogen-bond acceptors (Lipinski definition) is 6. The summed E-state index contributed by atoms with van der Waals surface area (Å²) in [7, 11) is -1.03. The van der Waals surface area contributed by atoms with Gasteiger partial charge in [-0.3, -0.25) is 0 Å². The summed E-state index contributed by atoms with van der Waals surface area (Å²) >= 11 is 0. The summed E-state index contributed by atoms with van der Waals surface area (Å²) in [4.78, 5) is 23.6. The molecule has 0 aliphatic heterocycles. The number of benzene rings is 1. The summed E-state index contributed by atoms with van der Waals surface area (Å²) in [5, 5.41) is 0. The molecule has 0 aliphatic carbocycles. The van der Waals surface area contributed by atoms with Crippen molar-refractivity contribution in [3.8, 4) is 0 Å². The highest BCUT2D eigenvalue weighted by atomic mass is 32.2. The van der Waals surface area contributed by atoms with E-state index in [1.54, 1.807) is 13.0 Å². The van der Waals surface area contributed by atoms with Crippen LogP contribution in [0.3, 0.4) is 0 Å². The first kappa shape index (κ1) is 16.2. The molecule has 7 heteroatoms. The van der Waals surface area contributed by atoms with Crippen molar-refractivity contribution in [2.45, 2.75) is 12.7 Å². The topological polar surface area (TPSA) is 86.7 Å². The van der Waals surface area contributed by atoms with Gasteiger partial charge < -0.3 is 9.47 Å². The second kappa shape index (κ2) is 6.04. The minimum Gasteiger partial charge on any atom is -0.465 e. The van der Waals surface area contributed by atoms with Crippen molar-refractivity contribution in [2.24, 2.45) is 0 Å². The number of rotatable bonds is 4. The molecular weight excluding hydrogens is 284 g/mol. The first-order valence-electron chi connectivity index (χ1n) is 5.68. The Balaban J connectivity index is 3.62. The molecule has 1 rings (SSSR count). The molecule has 0 unspecified atom stereocenters. The largest absolute Gasteiger partial charge is 0.465 e. The van der Waals surface area contributed by atoms with Crippen LogP contribution in [-0.4, -0.2) is 40.8 Å². The molecule has 0 aromatic heterocycles. The maximum absolute atomic E-state index is 11.9. The van der Waals surface area contributed by atoms with Gasteiger partial charge in [0.25, 0.3) is 0 Å². The molecule has 110 valence electrons. The summed E-state index contributed by atoms with van der Waals surface area (Å²) in [6.07, 6.45) is 1.05. The second-order valence-electron chi connectivity index (χ2n) is 4.34. The van der Waals surface area contributed by atoms with Crippen LogP contribution in [0.4, 0.5) is 0 Å². The number of sulfone groups is 1. The number of methoxy groups -OCH3 is 2. The predicted molar refractivity (Wildman–Crippen MR) is 72.4 cm³/mol. The average Bonchev–Trinajstić information content (AvgIpc) is 2.37. The van der Waals surface area contributed by atoms with Gasteiger partial charge >= 0.3 is 11.9 Å². The summed E-state index contributed by atoms with van der Waals surface area (Å²) in [5.41, 5.74) is 0.763. The number of aryl methyl sites for hydroxylation is 1. The van der Waals surface area contributed by atoms with E-state index in [1.165, 1.54) is 13.2 Å². The minimum atomic E-state index is -3.37. The Morgan fingerprint density at radius 1 is 1.10 bits per heavy atom. The number of carbonyl (C=O) groups excluding carboxylic acids is 2. The zero-order valence-electron chi connectivity index (χ0n) is 11.7. The molecule has 0 saturated heterocycles. The Morgan fingerprint density at radius 2 is 1.65 bits per heavy atom. The number of hydrogen-bond donors (Lipinski definition) is 0. The Hall–Kier alpha value is -1.89. The van der Waals surface area contributed by atoms with Gasteiger partial charge in [0.15, 0.2) is 9.84 Å². The molecule has 0 saturated carbocycles. The van der Waals surface area contributed by atoms with Crippen molar-refractivity contribution >= 4 is 21.8 Å². The predicted octanol–water partition coefficient (Wildman–Crippen LogP) is 1.11. The van der Waals surface area contributed by atoms with E-state index in [9.17, 15) is 18.0 Å². The van der Waals surface area contributed by atoms with Gasteiger partial charge in [-0.25, -0.2) is 18.0 Å². The Labute approximate surface area is 117 Å². The van der Waals surface area contributed by atoms with E-state index in [2.05, 4.69) is 9.47 Å². The molecule has 0 atom stereocenters. The summed E-state index contributed by atoms with van der Waals surface area (Å²) in [6, 6.07) is 2.98. The summed E-state index contributed by atoms with van der Waals surface area (Å²) in [6.45, 7) is 1.66. The molecule has 0 fully saturated rings. The molecule has 1 aromatic rings. The molecule has 6 nitrogen and oxygen atoms in total. The molecule has 0 N–H and O–H groups in total. The molecule has 0 aliphatic rings. The van der Waals surface area contributed by atoms with Crippen LogP contribution in [0.5, 0.6) is 0 Å². The van der Waals surface area contributed by atoms with Crippen LogP contribution in [0.1, 0.15) is 31.8 Å². The van der Waals surface area contributed by atoms with Crippen LogP contribution in [-0.2, 0) is 25.1 Å². The lowest BCUT2D eigenvalue weighted by Gasteiger charge is -2.14. The molecule has 0 heterocycles. The van der Waals surface area contributed by atoms with E-state index in [1.807, 2.05) is 0 Å². The van der Waals surface area contributed by atoms with E-state index >= 15 is 0 Å². The zero-order valence-corrected chi connectivity index (χ0v) is 12.5. The van der Waals surface area contributed by atoms with Crippen LogP contribution in [0.25, 0.3) is 0 Å². The fraction of sp³-hybridized carbons (Fsp3) is 0.385. The normalized spacial score (nSPS) is 11.0. The number of esters is 2. The van der Waals surface area contributed by atoms with Crippen molar-refractivity contribution in [2.75, 3.05) is 20.5 Å². The third kappa shape index (κ3) is 3.57. The second-order valence-corrected chi connectivity index (χ2v) is 6.48. The van der Waals surface area contributed by atoms with Gasteiger partial charge in [-0.1, -0.05) is 6.07 Å². The highest BCUT2D eigenvalue weighted by Gasteiger charge is 2.25. The van der Waals surface area contributed by atoms with Gasteiger partial charge in [-0.15, -0.1) is 0 Å². The number of carbonyl (C=O) groups is 2. The zero-order chi connectivity index (χ0) is 15.5. The summed E-state index contributed by atoms with van der Waals surface area (Å²) in [5.74, 6) is -1.85. The molecule has 20 heavy (non-hydrogen) atoms. The van der Waals surface area contributed by atoms with Crippen LogP contribution in [0.2, 0.25) is 0 Å². The van der Waals surface area contributed by atoms with Crippen molar-refractivity contribution in [1.82, 2.24) is 0 Å². The van der Waals surface area contributed by atoms with Crippen molar-refractivity contribution in [3.05, 3.63) is 34.4 Å². The standard InChI is InChI=1S/C13H16O6S/c1-8-5-6-9(12(14)18-2)11(13(15)19-3)10(8)7-20(4,16)17/h5-6H,7H2,1-4H3. The van der Waals surface area contributed by atoms with Gasteiger partial charge in [-0.05, 0) is 24.1 Å². The third-order valence-electron chi connectivity index (χ3n) is 2.75. The lowest BCUT2D eigenvalue weighted by molar-refractivity contribution is 0.0554. The molecule has 0 radical (unpaired) electrons. The maximum atomic E-state index is 11.9. The Kier molecular flexibility index (Phi) is 4.88. The first-order chi connectivity index (χ1) is 9.21. The van der Waals surface area contributed by atoms with E-state index < -0.39 is 21.8 Å². The molecule has 0 spiro atoms. The van der Waals surface area contributed by atoms with Crippen LogP contribution in [0.15, 0.2) is 12.1 Å². The number of ether oxygens (including phenoxy) is 2. The summed E-state index contributed by atoms with van der Waals surface area (Å²) < 4.78 is 32.2. The van der Waals surface area contributed by atoms with Gasteiger partial charge in [0.1, 0.15) is 0 Å². The average molecular weight is 300 g/mol. The minimum absolute atomic E-state index is 0.0106. The van der Waals surface area contributed by atoms with E-state index in [-0.39, 0.29) is 22.4 Å². The van der Waals surface area contributed by atoms with Gasteiger partial charge in [0.2, 0.25) is 0 Å². The fourth-order valence-electron chi connectivity index (χ4n) is 1.82. The third-order valence-corrected chi connectivity index (χ3v) is 3.56. The van der Waals surface area contributed by atoms with Gasteiger partial charge in [-0.2, -0.15) is 0 Å². The van der Waals surface area contributed by atoms with Gasteiger partial charge in [0.05, 0.1) is 31.1 Å². The highest BCUT2D eigenvalue weighted by Crippen LogP contribution is 2.23. The molecular formula is C13H16O6S. The highest BCUT2D eigenvalue weighted by molar-refractivity contribution is 7.89. The SMILES string of the molecule is COC(=O)c1ccc(C)c(CS(C)(=O)=O)c1C(=O)OC. The van der Waals surface area contributed by atoms with Crippen molar-refractivity contribution in [3.63, 3.8) is 0 Å². The van der Waals surface area contributed by atoms with Crippen LogP contribution < -0.4 is 0 Å². The van der Waals surface area contributed by atoms with Crippen LogP contribution in [0, 0.1) is 6.92 Å². The fourth-order valence-corrected chi connectivity index (χ4v) is 2.71. The smallest absolute Gasteiger partial charge is 0.339 e. The Bertz CT molecular complexity index is 645. The van der Waals surface area contributed by atoms with Gasteiger partial charge in [0, 0.05) is 6.26 Å².